The second kappa shape index (κ2) is 7.56. The van der Waals surface area contributed by atoms with Gasteiger partial charge in [-0.1, -0.05) is 0 Å². The Kier molecular flexibility index (Phi) is 6.83. The van der Waals surface area contributed by atoms with Gasteiger partial charge in [-0.25, -0.2) is 9.59 Å². The molecule has 0 aromatic heterocycles. The number of rotatable bonds is 4. The standard InChI is InChI=1S/C13H21NO4/c1-6-17-11(15)10(2)8-7-9-14-12(16)18-13(3,4)5/h7H,6,9H2,1-5H3,(H,14,16). The molecule has 0 unspecified atom stereocenters. The van der Waals surface area contributed by atoms with Crippen LogP contribution in [0.15, 0.2) is 17.4 Å². The molecule has 5 nitrogen and oxygen atoms in total. The minimum absolute atomic E-state index is 0.242. The number of alkyl carbamates (subject to hydrolysis) is 1. The molecule has 0 heterocycles. The molecular formula is C13H21NO4. The summed E-state index contributed by atoms with van der Waals surface area (Å²) in [7, 11) is 0. The predicted octanol–water partition coefficient (Wildman–Crippen LogP) is 2.18. The van der Waals surface area contributed by atoms with E-state index < -0.39 is 17.7 Å². The molecule has 1 N–H and O–H groups in total. The van der Waals surface area contributed by atoms with Crippen molar-refractivity contribution in [3.63, 3.8) is 0 Å². The maximum Gasteiger partial charge on any atom is 0.407 e. The molecule has 0 aliphatic carbocycles. The summed E-state index contributed by atoms with van der Waals surface area (Å²) in [5.74, 6) is -0.411. The van der Waals surface area contributed by atoms with Crippen LogP contribution >= 0.6 is 0 Å². The number of amides is 1. The summed E-state index contributed by atoms with van der Waals surface area (Å²) in [6.45, 7) is 9.26. The highest BCUT2D eigenvalue weighted by atomic mass is 16.6. The molecule has 0 rings (SSSR count). The fourth-order valence-corrected chi connectivity index (χ4v) is 0.951. The van der Waals surface area contributed by atoms with Crippen LogP contribution in [0, 0.1) is 0 Å². The first-order valence-corrected chi connectivity index (χ1v) is 5.82. The highest BCUT2D eigenvalue weighted by molar-refractivity contribution is 5.87. The van der Waals surface area contributed by atoms with Crippen LogP contribution in [0.4, 0.5) is 4.79 Å². The first-order valence-electron chi connectivity index (χ1n) is 5.82. The van der Waals surface area contributed by atoms with Gasteiger partial charge in [0.15, 0.2) is 0 Å². The first kappa shape index (κ1) is 16.3. The quantitative estimate of drug-likeness (QED) is 0.475. The van der Waals surface area contributed by atoms with Crippen LogP contribution < -0.4 is 5.32 Å². The maximum absolute atomic E-state index is 11.3. The zero-order valence-electron chi connectivity index (χ0n) is 11.6. The maximum atomic E-state index is 11.3. The fourth-order valence-electron chi connectivity index (χ4n) is 0.951. The van der Waals surface area contributed by atoms with E-state index in [2.05, 4.69) is 11.0 Å². The zero-order chi connectivity index (χ0) is 14.2. The molecule has 0 saturated carbocycles. The van der Waals surface area contributed by atoms with Crippen molar-refractivity contribution in [2.75, 3.05) is 13.2 Å². The van der Waals surface area contributed by atoms with Gasteiger partial charge in [0.05, 0.1) is 12.2 Å². The summed E-state index contributed by atoms with van der Waals surface area (Å²) in [5.41, 5.74) is 2.57. The second-order valence-corrected chi connectivity index (χ2v) is 4.58. The Balaban J connectivity index is 4.14. The molecule has 0 bridgehead atoms. The Morgan fingerprint density at radius 2 is 1.94 bits per heavy atom. The Bertz CT molecular complexity index is 360. The molecule has 0 atom stereocenters. The Morgan fingerprint density at radius 3 is 2.44 bits per heavy atom. The third kappa shape index (κ3) is 8.42. The molecule has 0 aliphatic heterocycles. The van der Waals surface area contributed by atoms with E-state index in [1.54, 1.807) is 34.6 Å². The van der Waals surface area contributed by atoms with Crippen molar-refractivity contribution in [3.05, 3.63) is 17.4 Å². The van der Waals surface area contributed by atoms with Gasteiger partial charge in [0.1, 0.15) is 5.60 Å². The molecule has 5 heteroatoms. The summed E-state index contributed by atoms with van der Waals surface area (Å²) in [6.07, 6.45) is 1.03. The van der Waals surface area contributed by atoms with E-state index >= 15 is 0 Å². The number of esters is 1. The molecule has 1 amide bonds. The number of carbonyl (C=O) groups excluding carboxylic acids is 2. The Morgan fingerprint density at radius 1 is 1.33 bits per heavy atom. The monoisotopic (exact) mass is 255 g/mol. The minimum Gasteiger partial charge on any atom is -0.462 e. The number of nitrogens with one attached hydrogen (secondary N) is 1. The van der Waals surface area contributed by atoms with Crippen LogP contribution in [-0.2, 0) is 14.3 Å². The van der Waals surface area contributed by atoms with Crippen LogP contribution in [0.5, 0.6) is 0 Å². The second-order valence-electron chi connectivity index (χ2n) is 4.58. The third-order valence-electron chi connectivity index (χ3n) is 1.65. The van der Waals surface area contributed by atoms with Crippen molar-refractivity contribution < 1.29 is 19.1 Å². The smallest absolute Gasteiger partial charge is 0.407 e. The summed E-state index contributed by atoms with van der Waals surface area (Å²) in [6, 6.07) is 0. The number of hydrogen-bond acceptors (Lipinski definition) is 4. The van der Waals surface area contributed by atoms with E-state index in [-0.39, 0.29) is 6.54 Å². The van der Waals surface area contributed by atoms with Gasteiger partial charge in [-0.05, 0) is 40.7 Å². The molecular weight excluding hydrogens is 234 g/mol. The molecule has 18 heavy (non-hydrogen) atoms. The molecule has 0 radical (unpaired) electrons. The molecule has 0 spiro atoms. The van der Waals surface area contributed by atoms with E-state index in [0.717, 1.165) is 0 Å². The average molecular weight is 255 g/mol. The molecule has 0 fully saturated rings. The minimum atomic E-state index is -0.523. The molecule has 0 aliphatic rings. The van der Waals surface area contributed by atoms with Gasteiger partial charge in [-0.15, -0.1) is 5.73 Å². The van der Waals surface area contributed by atoms with Crippen molar-refractivity contribution in [1.29, 1.82) is 0 Å². The summed E-state index contributed by atoms with van der Waals surface area (Å²) < 4.78 is 9.81. The van der Waals surface area contributed by atoms with E-state index in [9.17, 15) is 9.59 Å². The normalized spacial score (nSPS) is 10.1. The van der Waals surface area contributed by atoms with Crippen molar-refractivity contribution in [1.82, 2.24) is 5.32 Å². The third-order valence-corrected chi connectivity index (χ3v) is 1.65. The zero-order valence-corrected chi connectivity index (χ0v) is 11.6. The van der Waals surface area contributed by atoms with Crippen LogP contribution in [0.1, 0.15) is 34.6 Å². The van der Waals surface area contributed by atoms with Crippen molar-refractivity contribution in [2.45, 2.75) is 40.2 Å². The van der Waals surface area contributed by atoms with Crippen LogP contribution in [-0.4, -0.2) is 30.8 Å². The lowest BCUT2D eigenvalue weighted by Crippen LogP contribution is -2.32. The number of ether oxygens (including phenoxy) is 2. The van der Waals surface area contributed by atoms with Crippen molar-refractivity contribution >= 4 is 12.1 Å². The van der Waals surface area contributed by atoms with Gasteiger partial charge < -0.3 is 14.8 Å². The molecule has 0 aromatic rings. The lowest BCUT2D eigenvalue weighted by molar-refractivity contribution is -0.138. The van der Waals surface area contributed by atoms with Gasteiger partial charge in [0, 0.05) is 6.54 Å². The summed E-state index contributed by atoms with van der Waals surface area (Å²) in [5, 5.41) is 2.52. The summed E-state index contributed by atoms with van der Waals surface area (Å²) in [4.78, 5) is 22.5. The highest BCUT2D eigenvalue weighted by Gasteiger charge is 2.14. The van der Waals surface area contributed by atoms with E-state index in [0.29, 0.717) is 12.2 Å². The van der Waals surface area contributed by atoms with Gasteiger partial charge >= 0.3 is 12.1 Å². The molecule has 0 saturated heterocycles. The largest absolute Gasteiger partial charge is 0.462 e. The lowest BCUT2D eigenvalue weighted by atomic mass is 10.2. The summed E-state index contributed by atoms with van der Waals surface area (Å²) >= 11 is 0. The molecule has 102 valence electrons. The van der Waals surface area contributed by atoms with E-state index in [1.165, 1.54) is 6.08 Å². The van der Waals surface area contributed by atoms with Gasteiger partial charge in [0.25, 0.3) is 0 Å². The highest BCUT2D eigenvalue weighted by Crippen LogP contribution is 2.06. The lowest BCUT2D eigenvalue weighted by Gasteiger charge is -2.19. The number of hydrogen-bond donors (Lipinski definition) is 1. The van der Waals surface area contributed by atoms with Gasteiger partial charge in [0.2, 0.25) is 0 Å². The van der Waals surface area contributed by atoms with Crippen molar-refractivity contribution in [2.24, 2.45) is 0 Å². The molecule has 0 aromatic carbocycles. The fraction of sp³-hybridized carbons (Fsp3) is 0.615. The first-order chi connectivity index (χ1) is 8.26. The Labute approximate surface area is 108 Å². The Hall–Kier alpha value is -1.74. The van der Waals surface area contributed by atoms with Gasteiger partial charge in [-0.2, -0.15) is 0 Å². The van der Waals surface area contributed by atoms with Gasteiger partial charge in [-0.3, -0.25) is 0 Å². The number of carbonyl (C=O) groups is 2. The van der Waals surface area contributed by atoms with Crippen molar-refractivity contribution in [3.8, 4) is 0 Å². The van der Waals surface area contributed by atoms with E-state index in [1.807, 2.05) is 0 Å². The SMILES string of the molecule is CCOC(=O)C(C)=C=CCNC(=O)OC(C)(C)C. The van der Waals surface area contributed by atoms with E-state index in [4.69, 9.17) is 9.47 Å². The topological polar surface area (TPSA) is 64.6 Å². The predicted molar refractivity (Wildman–Crippen MR) is 68.1 cm³/mol. The van der Waals surface area contributed by atoms with Crippen LogP contribution in [0.3, 0.4) is 0 Å². The average Bonchev–Trinajstić information content (AvgIpc) is 2.21. The van der Waals surface area contributed by atoms with Crippen LogP contribution in [0.25, 0.3) is 0 Å². The van der Waals surface area contributed by atoms with Crippen LogP contribution in [0.2, 0.25) is 0 Å².